The maximum Gasteiger partial charge on any atom is 0.441 e. The summed E-state index contributed by atoms with van der Waals surface area (Å²) in [6.07, 6.45) is 14.0. The fourth-order valence-electron chi connectivity index (χ4n) is 7.76. The van der Waals surface area contributed by atoms with Crippen molar-refractivity contribution in [3.63, 3.8) is 0 Å². The predicted molar refractivity (Wildman–Crippen MR) is 198 cm³/mol. The van der Waals surface area contributed by atoms with Gasteiger partial charge in [0, 0.05) is 73.9 Å². The molecule has 3 aromatic heterocycles. The van der Waals surface area contributed by atoms with Gasteiger partial charge in [-0.1, -0.05) is 43.7 Å². The van der Waals surface area contributed by atoms with Crippen LogP contribution < -0.4 is 20.9 Å². The van der Waals surface area contributed by atoms with E-state index < -0.39 is 0 Å². The van der Waals surface area contributed by atoms with Crippen molar-refractivity contribution in [3.05, 3.63) is 78.4 Å². The van der Waals surface area contributed by atoms with E-state index >= 15 is 0 Å². The van der Waals surface area contributed by atoms with Gasteiger partial charge in [0.05, 0.1) is 24.7 Å². The van der Waals surface area contributed by atoms with Gasteiger partial charge in [0.2, 0.25) is 11.9 Å². The van der Waals surface area contributed by atoms with Crippen LogP contribution in [-0.2, 0) is 18.4 Å². The minimum Gasteiger partial charge on any atom is -0.355 e. The summed E-state index contributed by atoms with van der Waals surface area (Å²) in [5.74, 6) is 2.40. The molecule has 2 atom stereocenters. The number of hydrogen-bond donors (Lipinski definition) is 3. The molecular weight excluding hydrogens is 655 g/mol. The number of pyridine rings is 1. The molecule has 1 aliphatic carbocycles. The second-order valence-electron chi connectivity index (χ2n) is 14.1. The molecular formula is C39H46N11O2+. The molecule has 268 valence electrons. The quantitative estimate of drug-likeness (QED) is 0.131. The number of carbonyl (C=O) groups is 2. The lowest BCUT2D eigenvalue weighted by Gasteiger charge is -2.39. The molecule has 13 nitrogen and oxygen atoms in total. The van der Waals surface area contributed by atoms with E-state index in [4.69, 9.17) is 9.97 Å². The van der Waals surface area contributed by atoms with Gasteiger partial charge >= 0.3 is 6.03 Å². The summed E-state index contributed by atoms with van der Waals surface area (Å²) in [6.45, 7) is 4.70. The van der Waals surface area contributed by atoms with Crippen LogP contribution in [0.5, 0.6) is 0 Å². The molecule has 0 bridgehead atoms. The van der Waals surface area contributed by atoms with Crippen molar-refractivity contribution in [2.75, 3.05) is 29.9 Å². The number of aryl methyl sites for hydroxylation is 1. The lowest BCUT2D eigenvalue weighted by atomic mass is 9.86. The first-order valence-electron chi connectivity index (χ1n) is 18.4. The number of rotatable bonds is 12. The van der Waals surface area contributed by atoms with Gasteiger partial charge in [0.15, 0.2) is 5.82 Å². The van der Waals surface area contributed by atoms with Gasteiger partial charge in [-0.3, -0.25) is 14.8 Å². The van der Waals surface area contributed by atoms with Crippen LogP contribution >= 0.6 is 0 Å². The lowest BCUT2D eigenvalue weighted by molar-refractivity contribution is -0.337. The molecule has 3 N–H and O–H groups in total. The molecule has 4 aromatic rings. The molecule has 13 heteroatoms. The van der Waals surface area contributed by atoms with E-state index in [-0.39, 0.29) is 29.3 Å². The number of anilines is 2. The normalized spacial score (nSPS) is 19.9. The van der Waals surface area contributed by atoms with Crippen LogP contribution in [0.3, 0.4) is 0 Å². The van der Waals surface area contributed by atoms with Gasteiger partial charge < -0.3 is 15.5 Å². The molecule has 52 heavy (non-hydrogen) atoms. The third-order valence-corrected chi connectivity index (χ3v) is 10.6. The highest BCUT2D eigenvalue weighted by Crippen LogP contribution is 2.43. The summed E-state index contributed by atoms with van der Waals surface area (Å²) in [5.41, 5.74) is 4.37. The van der Waals surface area contributed by atoms with Crippen molar-refractivity contribution in [2.24, 2.45) is 18.9 Å². The number of aromatic nitrogens is 5. The summed E-state index contributed by atoms with van der Waals surface area (Å²) in [6, 6.07) is 15.9. The molecule has 2 aliphatic heterocycles. The van der Waals surface area contributed by atoms with Crippen molar-refractivity contribution in [1.29, 1.82) is 5.26 Å². The van der Waals surface area contributed by atoms with Gasteiger partial charge in [-0.2, -0.15) is 19.9 Å². The third-order valence-electron chi connectivity index (χ3n) is 10.6. The minimum atomic E-state index is -0.181. The second kappa shape index (κ2) is 15.3. The van der Waals surface area contributed by atoms with Crippen LogP contribution in [0.1, 0.15) is 69.4 Å². The van der Waals surface area contributed by atoms with Gasteiger partial charge in [-0.15, -0.1) is 4.98 Å². The summed E-state index contributed by atoms with van der Waals surface area (Å²) in [7, 11) is 1.88. The Morgan fingerprint density at radius 1 is 1.04 bits per heavy atom. The number of nitrogens with one attached hydrogen (secondary N) is 3. The first-order chi connectivity index (χ1) is 25.4. The molecule has 3 amide bonds. The zero-order valence-electron chi connectivity index (χ0n) is 29.9. The van der Waals surface area contributed by atoms with Crippen LogP contribution in [0.4, 0.5) is 22.4 Å². The SMILES string of the molecule is CCCC1/C(=[N+](/C(=O)NCc2ccccc2)c2ccc(-c3cnn(C)c3)cn2)C1CCCNc1ncc(C#N)c(N2CCC3(CCC(=O)N3)CC2)n1. The number of nitriles is 1. The highest BCUT2D eigenvalue weighted by molar-refractivity contribution is 6.03. The van der Waals surface area contributed by atoms with Crippen molar-refractivity contribution < 1.29 is 14.2 Å². The van der Waals surface area contributed by atoms with Crippen molar-refractivity contribution in [2.45, 2.75) is 70.4 Å². The minimum absolute atomic E-state index is 0.125. The van der Waals surface area contributed by atoms with Crippen LogP contribution in [-0.4, -0.2) is 72.1 Å². The van der Waals surface area contributed by atoms with Crippen LogP contribution in [0.15, 0.2) is 67.3 Å². The Morgan fingerprint density at radius 3 is 2.52 bits per heavy atom. The fraction of sp³-hybridized carbons (Fsp3) is 0.436. The Morgan fingerprint density at radius 2 is 1.85 bits per heavy atom. The highest BCUT2D eigenvalue weighted by Gasteiger charge is 2.50. The average Bonchev–Trinajstić information content (AvgIpc) is 3.42. The molecule has 2 saturated heterocycles. The zero-order chi connectivity index (χ0) is 36.1. The van der Waals surface area contributed by atoms with Crippen LogP contribution in [0.2, 0.25) is 0 Å². The monoisotopic (exact) mass is 700 g/mol. The van der Waals surface area contributed by atoms with E-state index in [9.17, 15) is 14.9 Å². The third kappa shape index (κ3) is 7.66. The summed E-state index contributed by atoms with van der Waals surface area (Å²) < 4.78 is 3.56. The summed E-state index contributed by atoms with van der Waals surface area (Å²) >= 11 is 0. The molecule has 3 fully saturated rings. The first kappa shape index (κ1) is 34.8. The standard InChI is InChI=1S/C39H45N11O2/c1-3-8-31-32(11-7-18-41-37-43-24-29(21-40)36(46-37)49-19-16-39(17-20-49)15-14-34(51)47-39)35(31)50(38(52)44-22-27-9-5-4-6-10-27)33-13-12-28(23-42-33)30-25-45-48(2)26-30/h4-6,9-10,12-13,23-26,31-32H,3,7-8,11,14-20,22H2,1-2H3,(H2-,41,43,44,46,47,51,52)/p+1/b50-35-. The Kier molecular flexibility index (Phi) is 10.2. The van der Waals surface area contributed by atoms with Crippen LogP contribution in [0, 0.1) is 23.2 Å². The van der Waals surface area contributed by atoms with Crippen molar-refractivity contribution in [1.82, 2.24) is 35.4 Å². The number of carbonyl (C=O) groups excluding carboxylic acids is 2. The molecule has 5 heterocycles. The molecule has 1 aromatic carbocycles. The Labute approximate surface area is 304 Å². The largest absolute Gasteiger partial charge is 0.441 e. The topological polar surface area (TPSA) is 157 Å². The Hall–Kier alpha value is -5.64. The van der Waals surface area contributed by atoms with E-state index in [0.29, 0.717) is 42.7 Å². The van der Waals surface area contributed by atoms with Crippen molar-refractivity contribution in [3.8, 4) is 17.2 Å². The Bertz CT molecular complexity index is 1980. The average molecular weight is 701 g/mol. The van der Waals surface area contributed by atoms with Crippen LogP contribution in [0.25, 0.3) is 11.1 Å². The van der Waals surface area contributed by atoms with E-state index in [0.717, 1.165) is 80.4 Å². The van der Waals surface area contributed by atoms with Gasteiger partial charge in [-0.05, 0) is 50.2 Å². The summed E-state index contributed by atoms with van der Waals surface area (Å²) in [4.78, 5) is 42.0. The fourth-order valence-corrected chi connectivity index (χ4v) is 7.76. The molecule has 3 aliphatic rings. The maximum atomic E-state index is 13.9. The molecule has 1 spiro atoms. The van der Waals surface area contributed by atoms with Gasteiger partial charge in [-0.25, -0.2) is 9.78 Å². The van der Waals surface area contributed by atoms with E-state index in [1.165, 1.54) is 0 Å². The second-order valence-corrected chi connectivity index (χ2v) is 14.1. The first-order valence-corrected chi connectivity index (χ1v) is 18.4. The number of amides is 3. The number of nitrogens with zero attached hydrogens (tertiary/aromatic N) is 8. The van der Waals surface area contributed by atoms with E-state index in [1.807, 2.05) is 61.9 Å². The molecule has 2 unspecified atom stereocenters. The predicted octanol–water partition coefficient (Wildman–Crippen LogP) is 5.33. The smallest absolute Gasteiger partial charge is 0.355 e. The number of benzene rings is 1. The lowest BCUT2D eigenvalue weighted by Crippen LogP contribution is -2.51. The number of hydrogen-bond acceptors (Lipinski definition) is 9. The molecule has 0 radical (unpaired) electrons. The van der Waals surface area contributed by atoms with Gasteiger partial charge in [0.25, 0.3) is 5.82 Å². The molecule has 1 saturated carbocycles. The van der Waals surface area contributed by atoms with Gasteiger partial charge in [0.1, 0.15) is 17.8 Å². The number of piperidine rings is 1. The molecule has 7 rings (SSSR count). The van der Waals surface area contributed by atoms with Crippen molar-refractivity contribution >= 4 is 35.2 Å². The number of urea groups is 1. The Balaban J connectivity index is 1.04. The van der Waals surface area contributed by atoms with E-state index in [2.05, 4.69) is 43.9 Å². The van der Waals surface area contributed by atoms with E-state index in [1.54, 1.807) is 21.7 Å². The zero-order valence-corrected chi connectivity index (χ0v) is 29.9. The highest BCUT2D eigenvalue weighted by atomic mass is 16.2. The summed E-state index contributed by atoms with van der Waals surface area (Å²) in [5, 5.41) is 23.8. The maximum absolute atomic E-state index is 13.9.